The molecule has 0 saturated heterocycles. The van der Waals surface area contributed by atoms with Crippen molar-refractivity contribution in [2.45, 2.75) is 31.9 Å². The Balaban J connectivity index is 1.60. The van der Waals surface area contributed by atoms with Crippen LogP contribution in [0.1, 0.15) is 28.6 Å². The molecule has 1 aromatic carbocycles. The summed E-state index contributed by atoms with van der Waals surface area (Å²) in [6, 6.07) is 5.71. The molecule has 9 heteroatoms. The molecule has 0 radical (unpaired) electrons. The van der Waals surface area contributed by atoms with Crippen molar-refractivity contribution in [1.29, 1.82) is 0 Å². The van der Waals surface area contributed by atoms with Crippen LogP contribution in [0.3, 0.4) is 0 Å². The summed E-state index contributed by atoms with van der Waals surface area (Å²) < 4.78 is 39.4. The second kappa shape index (κ2) is 6.85. The SMILES string of the molecule is O=C(NCc1cc2n(n1)CCNC2)[C@H](O)c1ccc(C(F)(F)F)cc1. The van der Waals surface area contributed by atoms with Gasteiger partial charge in [-0.05, 0) is 23.8 Å². The Bertz CT molecular complexity index is 732. The molecular formula is C16H17F3N4O2. The van der Waals surface area contributed by atoms with Crippen molar-refractivity contribution in [3.05, 3.63) is 52.8 Å². The molecule has 134 valence electrons. The molecule has 0 fully saturated rings. The van der Waals surface area contributed by atoms with Crippen molar-refractivity contribution in [3.63, 3.8) is 0 Å². The van der Waals surface area contributed by atoms with Crippen LogP contribution in [0, 0.1) is 0 Å². The fourth-order valence-electron chi connectivity index (χ4n) is 2.62. The maximum absolute atomic E-state index is 12.5. The summed E-state index contributed by atoms with van der Waals surface area (Å²) in [6.45, 7) is 2.41. The topological polar surface area (TPSA) is 79.2 Å². The quantitative estimate of drug-likeness (QED) is 0.775. The van der Waals surface area contributed by atoms with E-state index in [-0.39, 0.29) is 12.1 Å². The number of fused-ring (bicyclic) bond motifs is 1. The van der Waals surface area contributed by atoms with Crippen LogP contribution in [0.15, 0.2) is 30.3 Å². The summed E-state index contributed by atoms with van der Waals surface area (Å²) in [5.41, 5.74) is 0.936. The molecule has 0 aliphatic carbocycles. The predicted molar refractivity (Wildman–Crippen MR) is 82.2 cm³/mol. The third-order valence-electron chi connectivity index (χ3n) is 3.97. The number of amides is 1. The molecule has 6 nitrogen and oxygen atoms in total. The first-order chi connectivity index (χ1) is 11.8. The lowest BCUT2D eigenvalue weighted by Gasteiger charge is -2.13. The van der Waals surface area contributed by atoms with E-state index in [1.54, 1.807) is 0 Å². The Hall–Kier alpha value is -2.39. The Morgan fingerprint density at radius 1 is 1.36 bits per heavy atom. The third kappa shape index (κ3) is 3.99. The van der Waals surface area contributed by atoms with Crippen LogP contribution in [0.25, 0.3) is 0 Å². The summed E-state index contributed by atoms with van der Waals surface area (Å²) >= 11 is 0. The maximum Gasteiger partial charge on any atom is 0.416 e. The Labute approximate surface area is 141 Å². The van der Waals surface area contributed by atoms with E-state index in [9.17, 15) is 23.1 Å². The van der Waals surface area contributed by atoms with Crippen LogP contribution in [0.2, 0.25) is 0 Å². The number of alkyl halides is 3. The van der Waals surface area contributed by atoms with Gasteiger partial charge in [0.1, 0.15) is 0 Å². The largest absolute Gasteiger partial charge is 0.416 e. The van der Waals surface area contributed by atoms with Crippen molar-refractivity contribution in [2.24, 2.45) is 0 Å². The standard InChI is InChI=1S/C16H17F3N4O2/c17-16(18,19)11-3-1-10(2-4-11)14(24)15(25)21-8-12-7-13-9-20-5-6-23(13)22-12/h1-4,7,14,20,24H,5-6,8-9H2,(H,21,25)/t14-/m1/s1. The van der Waals surface area contributed by atoms with E-state index in [0.29, 0.717) is 12.2 Å². The molecule has 25 heavy (non-hydrogen) atoms. The van der Waals surface area contributed by atoms with E-state index in [1.165, 1.54) is 0 Å². The van der Waals surface area contributed by atoms with Gasteiger partial charge in [-0.1, -0.05) is 12.1 Å². The first-order valence-electron chi connectivity index (χ1n) is 7.74. The van der Waals surface area contributed by atoms with E-state index in [4.69, 9.17) is 0 Å². The van der Waals surface area contributed by atoms with Crippen LogP contribution >= 0.6 is 0 Å². The van der Waals surface area contributed by atoms with Crippen molar-refractivity contribution in [1.82, 2.24) is 20.4 Å². The number of rotatable bonds is 4. The molecule has 3 rings (SSSR count). The Morgan fingerprint density at radius 2 is 2.08 bits per heavy atom. The number of aliphatic hydroxyl groups excluding tert-OH is 1. The maximum atomic E-state index is 12.5. The van der Waals surface area contributed by atoms with Crippen LogP contribution in [0.4, 0.5) is 13.2 Å². The molecule has 1 atom stereocenters. The van der Waals surface area contributed by atoms with E-state index in [2.05, 4.69) is 15.7 Å². The molecule has 1 amide bonds. The minimum absolute atomic E-state index is 0.0961. The van der Waals surface area contributed by atoms with Crippen LogP contribution in [-0.4, -0.2) is 27.3 Å². The highest BCUT2D eigenvalue weighted by atomic mass is 19.4. The number of halogens is 3. The second-order valence-corrected chi connectivity index (χ2v) is 5.77. The van der Waals surface area contributed by atoms with Gasteiger partial charge in [0, 0.05) is 13.1 Å². The number of carbonyl (C=O) groups excluding carboxylic acids is 1. The Kier molecular flexibility index (Phi) is 4.78. The van der Waals surface area contributed by atoms with E-state index < -0.39 is 23.8 Å². The molecule has 1 aromatic heterocycles. The van der Waals surface area contributed by atoms with E-state index in [1.807, 2.05) is 10.7 Å². The lowest BCUT2D eigenvalue weighted by Crippen LogP contribution is -2.29. The number of nitrogens with one attached hydrogen (secondary N) is 2. The third-order valence-corrected chi connectivity index (χ3v) is 3.97. The smallest absolute Gasteiger partial charge is 0.378 e. The highest BCUT2D eigenvalue weighted by Crippen LogP contribution is 2.29. The van der Waals surface area contributed by atoms with Crippen molar-refractivity contribution >= 4 is 5.91 Å². The van der Waals surface area contributed by atoms with Gasteiger partial charge in [-0.2, -0.15) is 18.3 Å². The van der Waals surface area contributed by atoms with Crippen LogP contribution in [0.5, 0.6) is 0 Å². The van der Waals surface area contributed by atoms with E-state index >= 15 is 0 Å². The normalized spacial score (nSPS) is 15.5. The highest BCUT2D eigenvalue weighted by molar-refractivity contribution is 5.81. The minimum atomic E-state index is -4.46. The zero-order valence-electron chi connectivity index (χ0n) is 13.2. The zero-order valence-corrected chi connectivity index (χ0v) is 13.2. The number of hydrogen-bond donors (Lipinski definition) is 3. The molecule has 3 N–H and O–H groups in total. The summed E-state index contributed by atoms with van der Waals surface area (Å²) in [5, 5.41) is 20.1. The Morgan fingerprint density at radius 3 is 2.72 bits per heavy atom. The number of nitrogens with zero attached hydrogens (tertiary/aromatic N) is 2. The molecule has 1 aliphatic heterocycles. The van der Waals surface area contributed by atoms with Gasteiger partial charge in [-0.15, -0.1) is 0 Å². The van der Waals surface area contributed by atoms with Gasteiger partial charge in [-0.3, -0.25) is 9.48 Å². The molecule has 0 spiro atoms. The molecule has 0 bridgehead atoms. The number of aromatic nitrogens is 2. The van der Waals surface area contributed by atoms with Crippen LogP contribution < -0.4 is 10.6 Å². The average Bonchev–Trinajstić information content (AvgIpc) is 3.01. The first-order valence-corrected chi connectivity index (χ1v) is 7.74. The monoisotopic (exact) mass is 354 g/mol. The first kappa shape index (κ1) is 17.4. The van der Waals surface area contributed by atoms with Gasteiger partial charge < -0.3 is 15.7 Å². The van der Waals surface area contributed by atoms with Crippen molar-refractivity contribution in [2.75, 3.05) is 6.54 Å². The summed E-state index contributed by atoms with van der Waals surface area (Å²) in [6.07, 6.45) is -6.00. The van der Waals surface area contributed by atoms with Gasteiger partial charge in [-0.25, -0.2) is 0 Å². The predicted octanol–water partition coefficient (Wildman–Crippen LogP) is 1.35. The zero-order chi connectivity index (χ0) is 18.0. The lowest BCUT2D eigenvalue weighted by atomic mass is 10.1. The van der Waals surface area contributed by atoms with Gasteiger partial charge in [0.15, 0.2) is 6.10 Å². The van der Waals surface area contributed by atoms with Crippen molar-refractivity contribution in [3.8, 4) is 0 Å². The molecule has 2 heterocycles. The molecule has 2 aromatic rings. The van der Waals surface area contributed by atoms with Gasteiger partial charge in [0.2, 0.25) is 0 Å². The highest BCUT2D eigenvalue weighted by Gasteiger charge is 2.30. The van der Waals surface area contributed by atoms with E-state index in [0.717, 1.165) is 43.0 Å². The van der Waals surface area contributed by atoms with Gasteiger partial charge in [0.05, 0.1) is 30.0 Å². The number of benzene rings is 1. The second-order valence-electron chi connectivity index (χ2n) is 5.77. The fraction of sp³-hybridized carbons (Fsp3) is 0.375. The van der Waals surface area contributed by atoms with Crippen molar-refractivity contribution < 1.29 is 23.1 Å². The number of aliphatic hydroxyl groups is 1. The molecular weight excluding hydrogens is 337 g/mol. The minimum Gasteiger partial charge on any atom is -0.378 e. The molecule has 1 aliphatic rings. The van der Waals surface area contributed by atoms with Gasteiger partial charge >= 0.3 is 6.18 Å². The summed E-state index contributed by atoms with van der Waals surface area (Å²) in [7, 11) is 0. The van der Waals surface area contributed by atoms with Gasteiger partial charge in [0.25, 0.3) is 5.91 Å². The molecule has 0 unspecified atom stereocenters. The average molecular weight is 354 g/mol. The summed E-state index contributed by atoms with van der Waals surface area (Å²) in [4.78, 5) is 12.0. The fourth-order valence-corrected chi connectivity index (χ4v) is 2.62. The molecule has 0 saturated carbocycles. The van der Waals surface area contributed by atoms with Crippen LogP contribution in [-0.2, 0) is 30.6 Å². The summed E-state index contributed by atoms with van der Waals surface area (Å²) in [5.74, 6) is -0.691. The number of hydrogen-bond acceptors (Lipinski definition) is 4. The lowest BCUT2D eigenvalue weighted by molar-refractivity contribution is -0.137. The number of carbonyl (C=O) groups is 1.